The van der Waals surface area contributed by atoms with E-state index in [1.165, 1.54) is 82.7 Å². The number of benzene rings is 10. The molecule has 0 unspecified atom stereocenters. The molecule has 0 saturated carbocycles. The Morgan fingerprint density at radius 2 is 1.00 bits per heavy atom. The van der Waals surface area contributed by atoms with E-state index in [4.69, 9.17) is 9.15 Å². The van der Waals surface area contributed by atoms with Crippen molar-refractivity contribution in [3.63, 3.8) is 0 Å². The first-order valence-corrected chi connectivity index (χ1v) is 20.4. The van der Waals surface area contributed by atoms with Crippen LogP contribution < -0.4 is 4.74 Å². The molecule has 2 aliphatic carbocycles. The van der Waals surface area contributed by atoms with Crippen LogP contribution in [0.5, 0.6) is 11.5 Å². The van der Waals surface area contributed by atoms with Crippen LogP contribution in [0.1, 0.15) is 22.3 Å². The molecule has 0 fully saturated rings. The summed E-state index contributed by atoms with van der Waals surface area (Å²) in [5.41, 5.74) is 18.7. The average molecular weight is 749 g/mol. The van der Waals surface area contributed by atoms with Crippen LogP contribution in [0.2, 0.25) is 0 Å². The Hall–Kier alpha value is -7.68. The fourth-order valence-electron chi connectivity index (χ4n) is 11.1. The first-order valence-electron chi connectivity index (χ1n) is 20.4. The van der Waals surface area contributed by atoms with Crippen LogP contribution >= 0.6 is 0 Å². The smallest absolute Gasteiger partial charge is 0.136 e. The van der Waals surface area contributed by atoms with Gasteiger partial charge in [0.2, 0.25) is 0 Å². The minimum Gasteiger partial charge on any atom is -0.456 e. The summed E-state index contributed by atoms with van der Waals surface area (Å²) in [4.78, 5) is 0. The molecule has 11 aromatic rings. The third-order valence-corrected chi connectivity index (χ3v) is 13.4. The highest BCUT2D eigenvalue weighted by molar-refractivity contribution is 6.12. The van der Waals surface area contributed by atoms with Gasteiger partial charge in [0.05, 0.1) is 5.41 Å². The van der Waals surface area contributed by atoms with Crippen molar-refractivity contribution in [2.75, 3.05) is 0 Å². The fraction of sp³-hybridized carbons (Fsp3) is 0.0175. The molecule has 14 rings (SSSR count). The largest absolute Gasteiger partial charge is 0.456 e. The van der Waals surface area contributed by atoms with E-state index in [0.717, 1.165) is 50.1 Å². The van der Waals surface area contributed by atoms with Gasteiger partial charge in [-0.25, -0.2) is 0 Å². The van der Waals surface area contributed by atoms with Crippen LogP contribution in [0.3, 0.4) is 0 Å². The topological polar surface area (TPSA) is 22.4 Å². The van der Waals surface area contributed by atoms with E-state index < -0.39 is 5.41 Å². The molecule has 2 heterocycles. The summed E-state index contributed by atoms with van der Waals surface area (Å²) in [6.45, 7) is 0. The molecule has 2 nitrogen and oxygen atoms in total. The maximum Gasteiger partial charge on any atom is 0.136 e. The quantitative estimate of drug-likeness (QED) is 0.176. The van der Waals surface area contributed by atoms with Gasteiger partial charge in [-0.1, -0.05) is 146 Å². The highest BCUT2D eigenvalue weighted by Crippen LogP contribution is 2.66. The summed E-state index contributed by atoms with van der Waals surface area (Å²) >= 11 is 0. The molecule has 1 spiro atoms. The third-order valence-electron chi connectivity index (χ3n) is 13.4. The van der Waals surface area contributed by atoms with Gasteiger partial charge in [0, 0.05) is 21.7 Å². The van der Waals surface area contributed by atoms with Gasteiger partial charge >= 0.3 is 0 Å². The van der Waals surface area contributed by atoms with Crippen molar-refractivity contribution < 1.29 is 9.15 Å². The molecule has 1 aliphatic heterocycles. The van der Waals surface area contributed by atoms with E-state index in [9.17, 15) is 0 Å². The lowest BCUT2D eigenvalue weighted by Gasteiger charge is -2.33. The number of fused-ring (bicyclic) bond motifs is 17. The lowest BCUT2D eigenvalue weighted by atomic mass is 9.68. The molecule has 3 aliphatic rings. The molecule has 272 valence electrons. The summed E-state index contributed by atoms with van der Waals surface area (Å²) in [5, 5.41) is 7.12. The molecule has 0 N–H and O–H groups in total. The maximum atomic E-state index is 6.55. The van der Waals surface area contributed by atoms with Crippen molar-refractivity contribution in [3.05, 3.63) is 216 Å². The van der Waals surface area contributed by atoms with Crippen LogP contribution in [-0.4, -0.2) is 0 Å². The van der Waals surface area contributed by atoms with Gasteiger partial charge in [-0.3, -0.25) is 0 Å². The molecule has 0 saturated heterocycles. The molecule has 0 bridgehead atoms. The van der Waals surface area contributed by atoms with Crippen molar-refractivity contribution in [2.24, 2.45) is 0 Å². The predicted molar refractivity (Wildman–Crippen MR) is 241 cm³/mol. The van der Waals surface area contributed by atoms with Gasteiger partial charge in [-0.2, -0.15) is 0 Å². The zero-order chi connectivity index (χ0) is 38.4. The SMILES string of the molecule is c1ccc2c(c1)-c1ccccc1C21c2cc(-c3ccc4c(c3)-c3cccc5cccc(c35)O4)ccc2-c2c1c(-c1ccc3c(c1)oc1ccccc13)cc1ccccc21. The summed E-state index contributed by atoms with van der Waals surface area (Å²) in [6.07, 6.45) is 0. The van der Waals surface area contributed by atoms with Gasteiger partial charge in [-0.15, -0.1) is 0 Å². The average Bonchev–Trinajstić information content (AvgIpc) is 3.93. The second kappa shape index (κ2) is 11.2. The minimum absolute atomic E-state index is 0.572. The minimum atomic E-state index is -0.572. The van der Waals surface area contributed by atoms with Crippen molar-refractivity contribution >= 4 is 43.5 Å². The van der Waals surface area contributed by atoms with Gasteiger partial charge in [0.15, 0.2) is 0 Å². The van der Waals surface area contributed by atoms with Gasteiger partial charge < -0.3 is 9.15 Å². The van der Waals surface area contributed by atoms with Crippen LogP contribution in [0, 0.1) is 0 Å². The normalized spacial score (nSPS) is 13.7. The summed E-state index contributed by atoms with van der Waals surface area (Å²) in [6, 6.07) is 71.5. The highest BCUT2D eigenvalue weighted by atomic mass is 16.5. The lowest BCUT2D eigenvalue weighted by Crippen LogP contribution is -2.26. The summed E-state index contributed by atoms with van der Waals surface area (Å²) in [5.74, 6) is 1.80. The fourth-order valence-corrected chi connectivity index (χ4v) is 11.1. The van der Waals surface area contributed by atoms with Gasteiger partial charge in [-0.05, 0) is 137 Å². The molecule has 0 amide bonds. The second-order valence-corrected chi connectivity index (χ2v) is 16.3. The number of furan rings is 1. The van der Waals surface area contributed by atoms with Crippen molar-refractivity contribution in [3.8, 4) is 67.1 Å². The molecule has 10 aromatic carbocycles. The van der Waals surface area contributed by atoms with Crippen molar-refractivity contribution in [1.29, 1.82) is 0 Å². The van der Waals surface area contributed by atoms with Crippen LogP contribution in [0.4, 0.5) is 0 Å². The van der Waals surface area contributed by atoms with E-state index in [1.807, 2.05) is 6.07 Å². The maximum absolute atomic E-state index is 6.55. The monoisotopic (exact) mass is 748 g/mol. The number of rotatable bonds is 2. The molecule has 0 radical (unpaired) electrons. The summed E-state index contributed by atoms with van der Waals surface area (Å²) in [7, 11) is 0. The van der Waals surface area contributed by atoms with Crippen molar-refractivity contribution in [1.82, 2.24) is 0 Å². The van der Waals surface area contributed by atoms with Gasteiger partial charge in [0.25, 0.3) is 0 Å². The van der Waals surface area contributed by atoms with E-state index in [0.29, 0.717) is 0 Å². The van der Waals surface area contributed by atoms with E-state index in [1.54, 1.807) is 0 Å². The number of hydrogen-bond acceptors (Lipinski definition) is 2. The Bertz CT molecular complexity index is 3610. The zero-order valence-electron chi connectivity index (χ0n) is 31.8. The summed E-state index contributed by atoms with van der Waals surface area (Å²) < 4.78 is 13.1. The van der Waals surface area contributed by atoms with Crippen LogP contribution in [0.15, 0.2) is 199 Å². The molecule has 1 aromatic heterocycles. The standard InChI is InChI=1S/C57H32O2/c1-2-14-38-36(11-1)30-45(37-24-26-42-41-17-5-8-21-50(41)59-53(42)32-37)56-55(38)44-27-23-35(31-49(44)57(56)47-19-6-3-15-39(47)40-16-4-7-20-48(40)57)34-25-28-51-46(29-34)43-18-9-12-33-13-10-22-52(58-51)54(33)43/h1-32H. The van der Waals surface area contributed by atoms with E-state index in [-0.39, 0.29) is 0 Å². The van der Waals surface area contributed by atoms with E-state index >= 15 is 0 Å². The van der Waals surface area contributed by atoms with E-state index in [2.05, 4.69) is 188 Å². The van der Waals surface area contributed by atoms with Crippen molar-refractivity contribution in [2.45, 2.75) is 5.41 Å². The molecule has 59 heavy (non-hydrogen) atoms. The van der Waals surface area contributed by atoms with Gasteiger partial charge in [0.1, 0.15) is 22.7 Å². The molecular formula is C57H32O2. The second-order valence-electron chi connectivity index (χ2n) is 16.3. The van der Waals surface area contributed by atoms with Crippen LogP contribution in [-0.2, 0) is 5.41 Å². The molecule has 0 atom stereocenters. The Morgan fingerprint density at radius 3 is 1.86 bits per heavy atom. The Labute approximate surface area is 340 Å². The number of ether oxygens (including phenoxy) is 1. The lowest BCUT2D eigenvalue weighted by molar-refractivity contribution is 0.487. The Balaban J connectivity index is 1.08. The number of hydrogen-bond donors (Lipinski definition) is 0. The predicted octanol–water partition coefficient (Wildman–Crippen LogP) is 15.3. The Kier molecular flexibility index (Phi) is 5.99. The first kappa shape index (κ1) is 31.4. The highest BCUT2D eigenvalue weighted by Gasteiger charge is 2.53. The number of para-hydroxylation sites is 1. The molecule has 2 heteroatoms. The Morgan fingerprint density at radius 1 is 0.339 bits per heavy atom. The zero-order valence-corrected chi connectivity index (χ0v) is 31.8. The van der Waals surface area contributed by atoms with Crippen LogP contribution in [0.25, 0.3) is 99.1 Å². The third kappa shape index (κ3) is 4.00. The molecular weight excluding hydrogens is 717 g/mol. The first-order chi connectivity index (χ1) is 29.2.